The fraction of sp³-hybridized carbons (Fsp3) is 0.526. The molecule has 1 fully saturated rings. The van der Waals surface area contributed by atoms with Crippen LogP contribution < -0.4 is 5.32 Å². The molecule has 0 unspecified atom stereocenters. The Balaban J connectivity index is 1.57. The van der Waals surface area contributed by atoms with E-state index < -0.39 is 0 Å². The zero-order valence-corrected chi connectivity index (χ0v) is 15.8. The van der Waals surface area contributed by atoms with Gasteiger partial charge < -0.3 is 5.32 Å². The van der Waals surface area contributed by atoms with E-state index in [1.807, 2.05) is 37.3 Å². The maximum atomic E-state index is 12.5. The van der Waals surface area contributed by atoms with Gasteiger partial charge in [-0.1, -0.05) is 68.8 Å². The molecular formula is C19H26N4OS. The molecule has 134 valence electrons. The van der Waals surface area contributed by atoms with Gasteiger partial charge in [-0.05, 0) is 25.2 Å². The summed E-state index contributed by atoms with van der Waals surface area (Å²) in [7, 11) is 0. The van der Waals surface area contributed by atoms with Crippen LogP contribution in [0.25, 0.3) is 11.4 Å². The molecule has 4 atom stereocenters. The lowest BCUT2D eigenvalue weighted by Gasteiger charge is -2.35. The zero-order chi connectivity index (χ0) is 17.8. The van der Waals surface area contributed by atoms with Crippen LogP contribution in [-0.2, 0) is 4.79 Å². The van der Waals surface area contributed by atoms with E-state index in [1.165, 1.54) is 24.6 Å². The molecule has 1 aliphatic rings. The van der Waals surface area contributed by atoms with Crippen molar-refractivity contribution in [3.63, 3.8) is 0 Å². The predicted octanol–water partition coefficient (Wildman–Crippen LogP) is 3.89. The summed E-state index contributed by atoms with van der Waals surface area (Å²) in [6.45, 7) is 6.43. The maximum Gasteiger partial charge on any atom is 0.233 e. The Hall–Kier alpha value is -1.82. The predicted molar refractivity (Wildman–Crippen MR) is 101 cm³/mol. The quantitative estimate of drug-likeness (QED) is 0.796. The van der Waals surface area contributed by atoms with E-state index in [4.69, 9.17) is 0 Å². The summed E-state index contributed by atoms with van der Waals surface area (Å²) in [4.78, 5) is 17.0. The fourth-order valence-electron chi connectivity index (χ4n) is 3.32. The van der Waals surface area contributed by atoms with Gasteiger partial charge in [-0.15, -0.1) is 5.10 Å². The highest BCUT2D eigenvalue weighted by Gasteiger charge is 2.29. The van der Waals surface area contributed by atoms with Crippen LogP contribution in [0, 0.1) is 11.8 Å². The molecule has 1 amide bonds. The Morgan fingerprint density at radius 3 is 2.80 bits per heavy atom. The molecule has 0 aliphatic heterocycles. The summed E-state index contributed by atoms with van der Waals surface area (Å²) in [5, 5.41) is 10.8. The molecule has 2 N–H and O–H groups in total. The van der Waals surface area contributed by atoms with Crippen LogP contribution >= 0.6 is 11.8 Å². The summed E-state index contributed by atoms with van der Waals surface area (Å²) in [6.07, 6.45) is 3.53. The topological polar surface area (TPSA) is 70.7 Å². The molecule has 6 heteroatoms. The van der Waals surface area contributed by atoms with Gasteiger partial charge in [0.2, 0.25) is 11.1 Å². The first-order chi connectivity index (χ1) is 12.0. The second-order valence-corrected chi connectivity index (χ2v) is 8.28. The van der Waals surface area contributed by atoms with Gasteiger partial charge in [-0.25, -0.2) is 4.98 Å². The minimum atomic E-state index is -0.219. The molecule has 25 heavy (non-hydrogen) atoms. The number of carbonyl (C=O) groups excluding carboxylic acids is 1. The molecule has 3 rings (SSSR count). The first-order valence-corrected chi connectivity index (χ1v) is 9.87. The van der Waals surface area contributed by atoms with Gasteiger partial charge in [0, 0.05) is 11.6 Å². The molecule has 1 aliphatic carbocycles. The van der Waals surface area contributed by atoms with E-state index in [-0.39, 0.29) is 17.2 Å². The highest BCUT2D eigenvalue weighted by atomic mass is 32.2. The van der Waals surface area contributed by atoms with Crippen LogP contribution in [0.4, 0.5) is 0 Å². The Bertz CT molecular complexity index is 702. The molecule has 1 saturated carbocycles. The number of hydrogen-bond donors (Lipinski definition) is 2. The molecule has 2 aromatic rings. The van der Waals surface area contributed by atoms with Gasteiger partial charge in [0.25, 0.3) is 0 Å². The third-order valence-electron chi connectivity index (χ3n) is 5.20. The minimum absolute atomic E-state index is 0.0713. The van der Waals surface area contributed by atoms with Gasteiger partial charge in [0.05, 0.1) is 5.25 Å². The number of nitrogens with one attached hydrogen (secondary N) is 2. The van der Waals surface area contributed by atoms with Gasteiger partial charge in [0.15, 0.2) is 5.82 Å². The summed E-state index contributed by atoms with van der Waals surface area (Å²) in [5.41, 5.74) is 0.990. The van der Waals surface area contributed by atoms with Gasteiger partial charge in [0.1, 0.15) is 0 Å². The van der Waals surface area contributed by atoms with Gasteiger partial charge >= 0.3 is 0 Å². The Morgan fingerprint density at radius 1 is 1.28 bits per heavy atom. The van der Waals surface area contributed by atoms with Gasteiger partial charge in [-0.3, -0.25) is 9.89 Å². The number of amides is 1. The van der Waals surface area contributed by atoms with E-state index in [2.05, 4.69) is 34.3 Å². The van der Waals surface area contributed by atoms with Crippen LogP contribution in [-0.4, -0.2) is 32.4 Å². The molecule has 0 saturated heterocycles. The molecule has 0 radical (unpaired) electrons. The third-order valence-corrected chi connectivity index (χ3v) is 6.16. The number of nitrogens with zero attached hydrogens (tertiary/aromatic N) is 2. The Kier molecular flexibility index (Phi) is 5.78. The van der Waals surface area contributed by atoms with E-state index in [0.29, 0.717) is 17.0 Å². The molecule has 1 aromatic carbocycles. The first-order valence-electron chi connectivity index (χ1n) is 8.99. The van der Waals surface area contributed by atoms with E-state index >= 15 is 0 Å². The lowest BCUT2D eigenvalue weighted by Crippen LogP contribution is -2.46. The molecule has 0 bridgehead atoms. The largest absolute Gasteiger partial charge is 0.352 e. The first kappa shape index (κ1) is 18.0. The van der Waals surface area contributed by atoms with E-state index in [9.17, 15) is 4.79 Å². The SMILES string of the molecule is C[C@@H]1[C@H](C)CCC[C@H]1NC(=O)[C@@H](C)Sc1n[nH]c(-c2ccccc2)n1. The van der Waals surface area contributed by atoms with Crippen LogP contribution in [0.5, 0.6) is 0 Å². The number of carbonyl (C=O) groups is 1. The molecule has 1 heterocycles. The van der Waals surface area contributed by atoms with E-state index in [0.717, 1.165) is 17.8 Å². The average molecular weight is 359 g/mol. The molecule has 1 aromatic heterocycles. The summed E-state index contributed by atoms with van der Waals surface area (Å²) in [6, 6.07) is 10.1. The monoisotopic (exact) mass is 358 g/mol. The number of H-pyrrole nitrogens is 1. The second kappa shape index (κ2) is 8.04. The maximum absolute atomic E-state index is 12.5. The smallest absolute Gasteiger partial charge is 0.233 e. The van der Waals surface area contributed by atoms with Crippen molar-refractivity contribution in [1.29, 1.82) is 0 Å². The minimum Gasteiger partial charge on any atom is -0.352 e. The highest BCUT2D eigenvalue weighted by Crippen LogP contribution is 2.30. The lowest BCUT2D eigenvalue weighted by molar-refractivity contribution is -0.121. The molecular weight excluding hydrogens is 332 g/mol. The Morgan fingerprint density at radius 2 is 2.04 bits per heavy atom. The lowest BCUT2D eigenvalue weighted by atomic mass is 9.78. The standard InChI is InChI=1S/C19H26N4OS/c1-12-8-7-11-16(13(12)2)20-18(24)14(3)25-19-21-17(22-23-19)15-9-5-4-6-10-15/h4-6,9-10,12-14,16H,7-8,11H2,1-3H3,(H,20,24)(H,21,22,23)/t12-,13-,14-,16-/m1/s1. The highest BCUT2D eigenvalue weighted by molar-refractivity contribution is 8.00. The number of rotatable bonds is 5. The van der Waals surface area contributed by atoms with Crippen LogP contribution in [0.2, 0.25) is 0 Å². The summed E-state index contributed by atoms with van der Waals surface area (Å²) < 4.78 is 0. The van der Waals surface area contributed by atoms with Crippen molar-refractivity contribution in [3.8, 4) is 11.4 Å². The number of hydrogen-bond acceptors (Lipinski definition) is 4. The number of aromatic nitrogens is 3. The van der Waals surface area contributed by atoms with Crippen molar-refractivity contribution in [2.24, 2.45) is 11.8 Å². The Labute approximate surface area is 153 Å². The van der Waals surface area contributed by atoms with Crippen molar-refractivity contribution in [2.45, 2.75) is 56.5 Å². The molecule has 5 nitrogen and oxygen atoms in total. The van der Waals surface area contributed by atoms with Crippen molar-refractivity contribution in [3.05, 3.63) is 30.3 Å². The number of thioether (sulfide) groups is 1. The second-order valence-electron chi connectivity index (χ2n) is 6.98. The van der Waals surface area contributed by atoms with Crippen molar-refractivity contribution in [1.82, 2.24) is 20.5 Å². The normalized spacial score (nSPS) is 24.7. The van der Waals surface area contributed by atoms with Crippen molar-refractivity contribution < 1.29 is 4.79 Å². The third kappa shape index (κ3) is 4.42. The van der Waals surface area contributed by atoms with Gasteiger partial charge in [-0.2, -0.15) is 0 Å². The summed E-state index contributed by atoms with van der Waals surface area (Å²) in [5.74, 6) is 2.00. The fourth-order valence-corrected chi connectivity index (χ4v) is 4.06. The number of benzene rings is 1. The van der Waals surface area contributed by atoms with Crippen LogP contribution in [0.3, 0.4) is 0 Å². The van der Waals surface area contributed by atoms with Crippen LogP contribution in [0.15, 0.2) is 35.5 Å². The van der Waals surface area contributed by atoms with Crippen LogP contribution in [0.1, 0.15) is 40.0 Å². The number of aromatic amines is 1. The average Bonchev–Trinajstić information content (AvgIpc) is 3.08. The van der Waals surface area contributed by atoms with E-state index in [1.54, 1.807) is 0 Å². The zero-order valence-electron chi connectivity index (χ0n) is 15.0. The van der Waals surface area contributed by atoms with Crippen molar-refractivity contribution >= 4 is 17.7 Å². The molecule has 0 spiro atoms. The van der Waals surface area contributed by atoms with Crippen molar-refractivity contribution in [2.75, 3.05) is 0 Å². The summed E-state index contributed by atoms with van der Waals surface area (Å²) >= 11 is 1.39.